The van der Waals surface area contributed by atoms with Crippen molar-refractivity contribution in [2.45, 2.75) is 25.7 Å². The van der Waals surface area contributed by atoms with Gasteiger partial charge in [0.2, 0.25) is 5.91 Å². The van der Waals surface area contributed by atoms with Crippen LogP contribution in [0.1, 0.15) is 30.5 Å². The molecule has 2 aliphatic heterocycles. The molecule has 3 heterocycles. The van der Waals surface area contributed by atoms with Gasteiger partial charge in [0.15, 0.2) is 0 Å². The molecule has 2 aliphatic rings. The van der Waals surface area contributed by atoms with Gasteiger partial charge in [-0.15, -0.1) is 0 Å². The van der Waals surface area contributed by atoms with Crippen LogP contribution in [0.2, 0.25) is 0 Å². The summed E-state index contributed by atoms with van der Waals surface area (Å²) in [5.41, 5.74) is 2.55. The normalized spacial score (nSPS) is 23.5. The molecule has 2 saturated heterocycles. The van der Waals surface area contributed by atoms with Crippen molar-refractivity contribution in [2.75, 3.05) is 32.7 Å². The van der Waals surface area contributed by atoms with Crippen LogP contribution in [0.4, 0.5) is 0 Å². The molecule has 5 nitrogen and oxygen atoms in total. The maximum Gasteiger partial charge on any atom is 0.246 e. The van der Waals surface area contributed by atoms with E-state index in [0.717, 1.165) is 44.7 Å². The third-order valence-electron chi connectivity index (χ3n) is 5.97. The summed E-state index contributed by atoms with van der Waals surface area (Å²) >= 11 is 0. The van der Waals surface area contributed by atoms with Crippen molar-refractivity contribution in [1.29, 1.82) is 0 Å². The Morgan fingerprint density at radius 1 is 1.19 bits per heavy atom. The summed E-state index contributed by atoms with van der Waals surface area (Å²) in [5.74, 6) is 0.114. The third kappa shape index (κ3) is 4.48. The predicted molar refractivity (Wildman–Crippen MR) is 107 cm³/mol. The molecule has 1 unspecified atom stereocenters. The van der Waals surface area contributed by atoms with Gasteiger partial charge in [0.25, 0.3) is 0 Å². The Kier molecular flexibility index (Phi) is 5.39. The average molecular weight is 364 g/mol. The number of rotatable bonds is 5. The van der Waals surface area contributed by atoms with Gasteiger partial charge >= 0.3 is 0 Å². The van der Waals surface area contributed by atoms with Crippen LogP contribution in [-0.4, -0.2) is 58.4 Å². The number of hydrogen-bond donors (Lipinski definition) is 1. The zero-order chi connectivity index (χ0) is 18.5. The number of benzene rings is 1. The van der Waals surface area contributed by atoms with Crippen molar-refractivity contribution in [1.82, 2.24) is 19.8 Å². The number of H-pyrrole nitrogens is 1. The van der Waals surface area contributed by atoms with E-state index < -0.39 is 0 Å². The van der Waals surface area contributed by atoms with E-state index in [4.69, 9.17) is 0 Å². The molecule has 1 aromatic carbocycles. The van der Waals surface area contributed by atoms with E-state index in [2.05, 4.69) is 45.2 Å². The maximum atomic E-state index is 12.5. The minimum absolute atomic E-state index is 0.114. The van der Waals surface area contributed by atoms with E-state index in [1.54, 1.807) is 18.6 Å². The molecule has 1 spiro atoms. The maximum absolute atomic E-state index is 12.5. The Balaban J connectivity index is 1.31. The van der Waals surface area contributed by atoms with E-state index in [-0.39, 0.29) is 11.3 Å². The molecule has 0 bridgehead atoms. The predicted octanol–water partition coefficient (Wildman–Crippen LogP) is 2.98. The van der Waals surface area contributed by atoms with Gasteiger partial charge in [0.05, 0.1) is 18.2 Å². The standard InChI is InChI=1S/C22H28N4O/c27-21(8-7-20-15-23-18-24-20)26-14-11-22(17-26)10-4-12-25(16-22)13-9-19-5-2-1-3-6-19/h1-3,5-8,15,18H,4,9-14,16-17H2,(H,23,24)/b8-7+. The number of carbonyl (C=O) groups excluding carboxylic acids is 1. The fraction of sp³-hybridized carbons (Fsp3) is 0.455. The molecule has 1 atom stereocenters. The first-order chi connectivity index (χ1) is 13.2. The number of nitrogens with zero attached hydrogens (tertiary/aromatic N) is 3. The summed E-state index contributed by atoms with van der Waals surface area (Å²) in [5, 5.41) is 0. The number of amides is 1. The first-order valence-electron chi connectivity index (χ1n) is 9.94. The highest BCUT2D eigenvalue weighted by Crippen LogP contribution is 2.39. The lowest BCUT2D eigenvalue weighted by atomic mass is 9.79. The Morgan fingerprint density at radius 2 is 2.07 bits per heavy atom. The fourth-order valence-corrected chi connectivity index (χ4v) is 4.51. The van der Waals surface area contributed by atoms with E-state index in [1.807, 2.05) is 11.0 Å². The molecule has 1 amide bonds. The van der Waals surface area contributed by atoms with Crippen LogP contribution in [0, 0.1) is 5.41 Å². The molecule has 0 saturated carbocycles. The van der Waals surface area contributed by atoms with Gasteiger partial charge in [-0.3, -0.25) is 4.79 Å². The quantitative estimate of drug-likeness (QED) is 0.830. The number of imidazole rings is 1. The van der Waals surface area contributed by atoms with Crippen LogP contribution < -0.4 is 0 Å². The summed E-state index contributed by atoms with van der Waals surface area (Å²) in [4.78, 5) is 24.1. The minimum Gasteiger partial charge on any atom is -0.345 e. The monoisotopic (exact) mass is 364 g/mol. The van der Waals surface area contributed by atoms with E-state index in [0.29, 0.717) is 0 Å². The molecule has 0 radical (unpaired) electrons. The summed E-state index contributed by atoms with van der Waals surface area (Å²) in [6.07, 6.45) is 11.5. The number of hydrogen-bond acceptors (Lipinski definition) is 3. The lowest BCUT2D eigenvalue weighted by molar-refractivity contribution is -0.125. The van der Waals surface area contributed by atoms with Crippen molar-refractivity contribution >= 4 is 12.0 Å². The topological polar surface area (TPSA) is 52.2 Å². The van der Waals surface area contributed by atoms with Gasteiger partial charge in [0, 0.05) is 37.7 Å². The molecule has 0 aliphatic carbocycles. The number of piperidine rings is 1. The number of aromatic amines is 1. The molecular weight excluding hydrogens is 336 g/mol. The molecular formula is C22H28N4O. The molecule has 4 rings (SSSR count). The highest BCUT2D eigenvalue weighted by molar-refractivity contribution is 5.91. The SMILES string of the molecule is O=C(/C=C/c1cnc[nH]1)N1CCC2(CCCN(CCc3ccccc3)C2)C1. The third-order valence-corrected chi connectivity index (χ3v) is 5.97. The van der Waals surface area contributed by atoms with Gasteiger partial charge in [-0.2, -0.15) is 0 Å². The van der Waals surface area contributed by atoms with Crippen molar-refractivity contribution < 1.29 is 4.79 Å². The smallest absolute Gasteiger partial charge is 0.246 e. The number of likely N-dealkylation sites (tertiary alicyclic amines) is 2. The second kappa shape index (κ2) is 8.09. The fourth-order valence-electron chi connectivity index (χ4n) is 4.51. The van der Waals surface area contributed by atoms with Crippen LogP contribution in [0.15, 0.2) is 48.9 Å². The van der Waals surface area contributed by atoms with E-state index in [9.17, 15) is 4.79 Å². The van der Waals surface area contributed by atoms with Gasteiger partial charge in [0.1, 0.15) is 0 Å². The summed E-state index contributed by atoms with van der Waals surface area (Å²) in [6.45, 7) is 5.18. The van der Waals surface area contributed by atoms with Crippen molar-refractivity contribution in [3.05, 3.63) is 60.2 Å². The highest BCUT2D eigenvalue weighted by Gasteiger charge is 2.42. The number of carbonyl (C=O) groups is 1. The average Bonchev–Trinajstić information content (AvgIpc) is 3.36. The van der Waals surface area contributed by atoms with Crippen LogP contribution >= 0.6 is 0 Å². The van der Waals surface area contributed by atoms with Crippen LogP contribution in [-0.2, 0) is 11.2 Å². The second-order valence-corrected chi connectivity index (χ2v) is 7.97. The minimum atomic E-state index is 0.114. The molecule has 27 heavy (non-hydrogen) atoms. The zero-order valence-electron chi connectivity index (χ0n) is 15.8. The summed E-state index contributed by atoms with van der Waals surface area (Å²) in [7, 11) is 0. The molecule has 2 aromatic rings. The largest absolute Gasteiger partial charge is 0.345 e. The highest BCUT2D eigenvalue weighted by atomic mass is 16.2. The van der Waals surface area contributed by atoms with Gasteiger partial charge in [-0.05, 0) is 43.9 Å². The number of aromatic nitrogens is 2. The Morgan fingerprint density at radius 3 is 2.89 bits per heavy atom. The Hall–Kier alpha value is -2.40. The van der Waals surface area contributed by atoms with E-state index in [1.165, 1.54) is 24.9 Å². The first-order valence-corrected chi connectivity index (χ1v) is 9.94. The van der Waals surface area contributed by atoms with Gasteiger partial charge in [-0.1, -0.05) is 30.3 Å². The Bertz CT molecular complexity index is 771. The van der Waals surface area contributed by atoms with Crippen molar-refractivity contribution in [3.63, 3.8) is 0 Å². The molecule has 5 heteroatoms. The molecule has 142 valence electrons. The van der Waals surface area contributed by atoms with Crippen LogP contribution in [0.3, 0.4) is 0 Å². The zero-order valence-corrected chi connectivity index (χ0v) is 15.8. The molecule has 2 fully saturated rings. The van der Waals surface area contributed by atoms with Gasteiger partial charge in [-0.25, -0.2) is 4.98 Å². The number of nitrogens with one attached hydrogen (secondary N) is 1. The van der Waals surface area contributed by atoms with E-state index >= 15 is 0 Å². The summed E-state index contributed by atoms with van der Waals surface area (Å²) < 4.78 is 0. The molecule has 1 aromatic heterocycles. The molecule has 1 N–H and O–H groups in total. The lowest BCUT2D eigenvalue weighted by Crippen LogP contribution is -2.45. The first kappa shape index (κ1) is 18.0. The van der Waals surface area contributed by atoms with Crippen molar-refractivity contribution in [2.24, 2.45) is 5.41 Å². The second-order valence-electron chi connectivity index (χ2n) is 7.97. The van der Waals surface area contributed by atoms with Crippen LogP contribution in [0.5, 0.6) is 0 Å². The Labute approximate surface area is 161 Å². The summed E-state index contributed by atoms with van der Waals surface area (Å²) in [6, 6.07) is 10.7. The van der Waals surface area contributed by atoms with Gasteiger partial charge < -0.3 is 14.8 Å². The van der Waals surface area contributed by atoms with Crippen LogP contribution in [0.25, 0.3) is 6.08 Å². The van der Waals surface area contributed by atoms with Crippen molar-refractivity contribution in [3.8, 4) is 0 Å². The lowest BCUT2D eigenvalue weighted by Gasteiger charge is -2.40.